The van der Waals surface area contributed by atoms with Gasteiger partial charge in [0.05, 0.1) is 17.9 Å². The van der Waals surface area contributed by atoms with Crippen molar-refractivity contribution < 1.29 is 4.74 Å². The molecule has 0 radical (unpaired) electrons. The lowest BCUT2D eigenvalue weighted by atomic mass is 10.1. The van der Waals surface area contributed by atoms with Gasteiger partial charge < -0.3 is 10.5 Å². The largest absolute Gasteiger partial charge is 0.397 e. The predicted molar refractivity (Wildman–Crippen MR) is 51.1 cm³/mol. The summed E-state index contributed by atoms with van der Waals surface area (Å²) >= 11 is 0. The molecule has 1 rings (SSSR count). The maximum Gasteiger partial charge on any atom is 0.101 e. The molecule has 0 saturated heterocycles. The van der Waals surface area contributed by atoms with Gasteiger partial charge in [0.1, 0.15) is 6.07 Å². The van der Waals surface area contributed by atoms with Crippen molar-refractivity contribution in [2.45, 2.75) is 6.42 Å². The van der Waals surface area contributed by atoms with Crippen molar-refractivity contribution >= 4 is 5.69 Å². The third-order valence-corrected chi connectivity index (χ3v) is 1.89. The van der Waals surface area contributed by atoms with E-state index in [9.17, 15) is 0 Å². The van der Waals surface area contributed by atoms with E-state index in [2.05, 4.69) is 0 Å². The molecule has 0 aliphatic carbocycles. The van der Waals surface area contributed by atoms with E-state index >= 15 is 0 Å². The van der Waals surface area contributed by atoms with Crippen molar-refractivity contribution in [2.24, 2.45) is 0 Å². The molecule has 0 fully saturated rings. The van der Waals surface area contributed by atoms with E-state index in [4.69, 9.17) is 15.7 Å². The fourth-order valence-corrected chi connectivity index (χ4v) is 1.14. The fraction of sp³-hybridized carbons (Fsp3) is 0.300. The summed E-state index contributed by atoms with van der Waals surface area (Å²) < 4.78 is 4.94. The zero-order valence-corrected chi connectivity index (χ0v) is 7.58. The molecule has 0 aliphatic heterocycles. The Balaban J connectivity index is 2.90. The second-order valence-corrected chi connectivity index (χ2v) is 2.73. The van der Waals surface area contributed by atoms with Crippen LogP contribution in [0.3, 0.4) is 0 Å². The molecule has 3 heteroatoms. The van der Waals surface area contributed by atoms with Gasteiger partial charge in [0.15, 0.2) is 0 Å². The van der Waals surface area contributed by atoms with Gasteiger partial charge in [0.25, 0.3) is 0 Å². The summed E-state index contributed by atoms with van der Waals surface area (Å²) in [5, 5.41) is 8.71. The van der Waals surface area contributed by atoms with Gasteiger partial charge in [-0.3, -0.25) is 0 Å². The molecule has 3 nitrogen and oxygen atoms in total. The van der Waals surface area contributed by atoms with E-state index in [1.54, 1.807) is 13.2 Å². The van der Waals surface area contributed by atoms with Gasteiger partial charge in [-0.15, -0.1) is 0 Å². The van der Waals surface area contributed by atoms with Gasteiger partial charge in [-0.1, -0.05) is 12.1 Å². The summed E-state index contributed by atoms with van der Waals surface area (Å²) in [5.41, 5.74) is 7.84. The van der Waals surface area contributed by atoms with Crippen LogP contribution in [0.25, 0.3) is 0 Å². The average molecular weight is 176 g/mol. The van der Waals surface area contributed by atoms with Crippen LogP contribution in [0.5, 0.6) is 0 Å². The Kier molecular flexibility index (Phi) is 3.30. The SMILES string of the molecule is COCCc1cccc(C#N)c1N. The minimum absolute atomic E-state index is 0.536. The normalized spacial score (nSPS) is 9.54. The second-order valence-electron chi connectivity index (χ2n) is 2.73. The van der Waals surface area contributed by atoms with Gasteiger partial charge >= 0.3 is 0 Å². The molecule has 0 amide bonds. The summed E-state index contributed by atoms with van der Waals surface area (Å²) in [6.45, 7) is 0.624. The molecule has 0 heterocycles. The van der Waals surface area contributed by atoms with E-state index in [1.807, 2.05) is 18.2 Å². The Morgan fingerprint density at radius 1 is 1.54 bits per heavy atom. The zero-order chi connectivity index (χ0) is 9.68. The maximum atomic E-state index is 8.71. The molecule has 0 aliphatic rings. The highest BCUT2D eigenvalue weighted by atomic mass is 16.5. The Morgan fingerprint density at radius 2 is 2.31 bits per heavy atom. The van der Waals surface area contributed by atoms with Crippen LogP contribution in [0.2, 0.25) is 0 Å². The number of hydrogen-bond donors (Lipinski definition) is 1. The molecule has 1 aromatic rings. The molecule has 0 aromatic heterocycles. The van der Waals surface area contributed by atoms with Crippen LogP contribution in [0, 0.1) is 11.3 Å². The van der Waals surface area contributed by atoms with Crippen LogP contribution >= 0.6 is 0 Å². The number of nitriles is 1. The van der Waals surface area contributed by atoms with E-state index in [0.717, 1.165) is 12.0 Å². The van der Waals surface area contributed by atoms with Crippen molar-refractivity contribution in [1.82, 2.24) is 0 Å². The first-order valence-electron chi connectivity index (χ1n) is 4.06. The molecule has 0 unspecified atom stereocenters. The molecule has 1 aromatic carbocycles. The minimum atomic E-state index is 0.536. The van der Waals surface area contributed by atoms with E-state index in [-0.39, 0.29) is 0 Å². The molecule has 0 saturated carbocycles. The van der Waals surface area contributed by atoms with Crippen molar-refractivity contribution in [3.8, 4) is 6.07 Å². The van der Waals surface area contributed by atoms with Crippen LogP contribution in [-0.2, 0) is 11.2 Å². The van der Waals surface area contributed by atoms with E-state index < -0.39 is 0 Å². The number of para-hydroxylation sites is 1. The van der Waals surface area contributed by atoms with Crippen molar-refractivity contribution in [1.29, 1.82) is 5.26 Å². The molecule has 2 N–H and O–H groups in total. The predicted octanol–water partition coefficient (Wildman–Crippen LogP) is 1.33. The second kappa shape index (κ2) is 4.48. The standard InChI is InChI=1S/C10H12N2O/c1-13-6-5-8-3-2-4-9(7-11)10(8)12/h2-4H,5-6,12H2,1H3. The van der Waals surface area contributed by atoms with Gasteiger partial charge in [0, 0.05) is 7.11 Å². The van der Waals surface area contributed by atoms with Gasteiger partial charge in [-0.25, -0.2) is 0 Å². The summed E-state index contributed by atoms with van der Waals surface area (Å²) in [5.74, 6) is 0. The number of rotatable bonds is 3. The number of nitrogens with two attached hydrogens (primary N) is 1. The average Bonchev–Trinajstić information content (AvgIpc) is 2.16. The first kappa shape index (κ1) is 9.56. The van der Waals surface area contributed by atoms with Gasteiger partial charge in [-0.05, 0) is 18.1 Å². The fourth-order valence-electron chi connectivity index (χ4n) is 1.14. The van der Waals surface area contributed by atoms with Gasteiger partial charge in [-0.2, -0.15) is 5.26 Å². The highest BCUT2D eigenvalue weighted by molar-refractivity contribution is 5.59. The smallest absolute Gasteiger partial charge is 0.101 e. The highest BCUT2D eigenvalue weighted by Gasteiger charge is 2.02. The van der Waals surface area contributed by atoms with Crippen LogP contribution in [0.4, 0.5) is 5.69 Å². The molecule has 0 bridgehead atoms. The maximum absolute atomic E-state index is 8.71. The number of hydrogen-bond acceptors (Lipinski definition) is 3. The third kappa shape index (κ3) is 2.20. The number of benzene rings is 1. The number of nitrogens with zero attached hydrogens (tertiary/aromatic N) is 1. The Morgan fingerprint density at radius 3 is 2.92 bits per heavy atom. The summed E-state index contributed by atoms with van der Waals surface area (Å²) in [6, 6.07) is 7.51. The van der Waals surface area contributed by atoms with Crippen LogP contribution in [0.15, 0.2) is 18.2 Å². The lowest BCUT2D eigenvalue weighted by Gasteiger charge is -2.05. The lowest BCUT2D eigenvalue weighted by molar-refractivity contribution is 0.202. The number of ether oxygens (including phenoxy) is 1. The monoisotopic (exact) mass is 176 g/mol. The number of nitrogen functional groups attached to an aromatic ring is 1. The molecular formula is C10H12N2O. The molecule has 68 valence electrons. The quantitative estimate of drug-likeness (QED) is 0.707. The first-order valence-corrected chi connectivity index (χ1v) is 4.06. The molecule has 13 heavy (non-hydrogen) atoms. The van der Waals surface area contributed by atoms with Crippen molar-refractivity contribution in [3.05, 3.63) is 29.3 Å². The van der Waals surface area contributed by atoms with Crippen molar-refractivity contribution in [2.75, 3.05) is 19.5 Å². The van der Waals surface area contributed by atoms with E-state index in [0.29, 0.717) is 17.9 Å². The summed E-state index contributed by atoms with van der Waals surface area (Å²) in [6.07, 6.45) is 0.748. The number of methoxy groups -OCH3 is 1. The van der Waals surface area contributed by atoms with E-state index in [1.165, 1.54) is 0 Å². The topological polar surface area (TPSA) is 59.0 Å². The summed E-state index contributed by atoms with van der Waals surface area (Å²) in [4.78, 5) is 0. The summed E-state index contributed by atoms with van der Waals surface area (Å²) in [7, 11) is 1.64. The van der Waals surface area contributed by atoms with Crippen LogP contribution in [-0.4, -0.2) is 13.7 Å². The van der Waals surface area contributed by atoms with Gasteiger partial charge in [0.2, 0.25) is 0 Å². The molecule has 0 spiro atoms. The first-order chi connectivity index (χ1) is 6.29. The zero-order valence-electron chi connectivity index (χ0n) is 7.58. The molecule has 0 atom stereocenters. The Labute approximate surface area is 77.7 Å². The highest BCUT2D eigenvalue weighted by Crippen LogP contribution is 2.16. The van der Waals surface area contributed by atoms with Crippen molar-refractivity contribution in [3.63, 3.8) is 0 Å². The molecular weight excluding hydrogens is 164 g/mol. The Bertz CT molecular complexity index is 328. The lowest BCUT2D eigenvalue weighted by Crippen LogP contribution is -2.01. The third-order valence-electron chi connectivity index (χ3n) is 1.89. The Hall–Kier alpha value is -1.53. The minimum Gasteiger partial charge on any atom is -0.397 e. The van der Waals surface area contributed by atoms with Crippen LogP contribution in [0.1, 0.15) is 11.1 Å². The van der Waals surface area contributed by atoms with Crippen LogP contribution < -0.4 is 5.73 Å². The number of anilines is 1.